The summed E-state index contributed by atoms with van der Waals surface area (Å²) >= 11 is 0. The standard InChI is InChI=1S/C26H26N2O5/c1-5-30-19-9-7-18(8-10-19)22-15-32-26-17(4)25(31-6-2)20(14-21(22)26)16(3)13-24(29)27-23-11-12-33-28-23/h7-15H,5-6H2,1-4H3,(H,27,28,29)/b16-13+. The monoisotopic (exact) mass is 446 g/mol. The van der Waals surface area contributed by atoms with Crippen molar-refractivity contribution in [2.75, 3.05) is 18.5 Å². The molecule has 0 radical (unpaired) electrons. The number of benzene rings is 2. The molecule has 170 valence electrons. The molecule has 7 heteroatoms. The molecule has 33 heavy (non-hydrogen) atoms. The molecule has 4 aromatic rings. The van der Waals surface area contributed by atoms with Crippen LogP contribution in [-0.4, -0.2) is 24.3 Å². The van der Waals surface area contributed by atoms with E-state index in [1.807, 2.05) is 58.0 Å². The van der Waals surface area contributed by atoms with Gasteiger partial charge in [0.05, 0.1) is 19.5 Å². The summed E-state index contributed by atoms with van der Waals surface area (Å²) in [6.07, 6.45) is 4.68. The van der Waals surface area contributed by atoms with E-state index < -0.39 is 0 Å². The highest BCUT2D eigenvalue weighted by molar-refractivity contribution is 6.05. The molecule has 0 saturated heterocycles. The van der Waals surface area contributed by atoms with Gasteiger partial charge in [-0.1, -0.05) is 17.3 Å². The van der Waals surface area contributed by atoms with Gasteiger partial charge in [-0.25, -0.2) is 0 Å². The van der Waals surface area contributed by atoms with E-state index in [9.17, 15) is 4.79 Å². The average Bonchev–Trinajstić information content (AvgIpc) is 3.46. The van der Waals surface area contributed by atoms with Gasteiger partial charge < -0.3 is 23.7 Å². The summed E-state index contributed by atoms with van der Waals surface area (Å²) in [4.78, 5) is 12.5. The van der Waals surface area contributed by atoms with Crippen LogP contribution in [0, 0.1) is 6.92 Å². The molecule has 1 amide bonds. The lowest BCUT2D eigenvalue weighted by atomic mass is 9.96. The molecule has 0 fully saturated rings. The second-order valence-corrected chi connectivity index (χ2v) is 7.50. The molecule has 0 aliphatic carbocycles. The summed E-state index contributed by atoms with van der Waals surface area (Å²) < 4.78 is 22.2. The second-order valence-electron chi connectivity index (χ2n) is 7.50. The number of hydrogen-bond donors (Lipinski definition) is 1. The van der Waals surface area contributed by atoms with Crippen LogP contribution in [0.4, 0.5) is 5.82 Å². The van der Waals surface area contributed by atoms with Crippen molar-refractivity contribution < 1.29 is 23.2 Å². The molecule has 0 aliphatic rings. The maximum atomic E-state index is 12.5. The first-order chi connectivity index (χ1) is 16.0. The van der Waals surface area contributed by atoms with Crippen molar-refractivity contribution in [3.8, 4) is 22.6 Å². The highest BCUT2D eigenvalue weighted by Crippen LogP contribution is 2.41. The van der Waals surface area contributed by atoms with Gasteiger partial charge in [0.2, 0.25) is 5.91 Å². The number of carbonyl (C=O) groups is 1. The molecule has 0 saturated carbocycles. The number of aromatic nitrogens is 1. The fourth-order valence-corrected chi connectivity index (χ4v) is 3.77. The average molecular weight is 447 g/mol. The zero-order valence-electron chi connectivity index (χ0n) is 19.1. The number of nitrogens with zero attached hydrogens (tertiary/aromatic N) is 1. The molecule has 0 atom stereocenters. The van der Waals surface area contributed by atoms with Crippen LogP contribution < -0.4 is 14.8 Å². The zero-order valence-corrected chi connectivity index (χ0v) is 19.1. The first kappa shape index (κ1) is 22.2. The van der Waals surface area contributed by atoms with Gasteiger partial charge in [-0.05, 0) is 57.0 Å². The molecule has 0 aliphatic heterocycles. The van der Waals surface area contributed by atoms with Crippen LogP contribution in [0.1, 0.15) is 31.9 Å². The summed E-state index contributed by atoms with van der Waals surface area (Å²) in [5, 5.41) is 7.34. The van der Waals surface area contributed by atoms with Crippen molar-refractivity contribution in [1.82, 2.24) is 5.16 Å². The van der Waals surface area contributed by atoms with Gasteiger partial charge in [0.25, 0.3) is 0 Å². The fourth-order valence-electron chi connectivity index (χ4n) is 3.77. The molecule has 0 spiro atoms. The Bertz CT molecular complexity index is 1280. The molecule has 4 rings (SSSR count). The van der Waals surface area contributed by atoms with E-state index in [0.29, 0.717) is 24.8 Å². The van der Waals surface area contributed by atoms with Crippen LogP contribution in [-0.2, 0) is 4.79 Å². The molecule has 2 aromatic carbocycles. The number of carbonyl (C=O) groups excluding carboxylic acids is 1. The van der Waals surface area contributed by atoms with Crippen molar-refractivity contribution in [2.45, 2.75) is 27.7 Å². The highest BCUT2D eigenvalue weighted by atomic mass is 16.5. The number of ether oxygens (including phenoxy) is 2. The number of fused-ring (bicyclic) bond motifs is 1. The number of anilines is 1. The van der Waals surface area contributed by atoms with Crippen LogP contribution in [0.25, 0.3) is 27.7 Å². The minimum Gasteiger partial charge on any atom is -0.494 e. The third-order valence-electron chi connectivity index (χ3n) is 5.27. The predicted molar refractivity (Wildman–Crippen MR) is 128 cm³/mol. The molecule has 7 nitrogen and oxygen atoms in total. The molecule has 2 aromatic heterocycles. The van der Waals surface area contributed by atoms with Crippen molar-refractivity contribution in [1.29, 1.82) is 0 Å². The molecule has 1 N–H and O–H groups in total. The van der Waals surface area contributed by atoms with Crippen LogP contribution >= 0.6 is 0 Å². The number of aryl methyl sites for hydroxylation is 1. The van der Waals surface area contributed by atoms with Gasteiger partial charge in [0, 0.05) is 34.2 Å². The van der Waals surface area contributed by atoms with E-state index in [2.05, 4.69) is 10.5 Å². The zero-order chi connectivity index (χ0) is 23.4. The van der Waals surface area contributed by atoms with Crippen molar-refractivity contribution in [3.05, 3.63) is 66.1 Å². The number of rotatable bonds is 8. The van der Waals surface area contributed by atoms with Crippen LogP contribution in [0.3, 0.4) is 0 Å². The van der Waals surface area contributed by atoms with Gasteiger partial charge in [0.15, 0.2) is 5.82 Å². The third kappa shape index (κ3) is 4.62. The topological polar surface area (TPSA) is 86.7 Å². The molecule has 0 unspecified atom stereocenters. The maximum Gasteiger partial charge on any atom is 0.249 e. The van der Waals surface area contributed by atoms with E-state index in [0.717, 1.165) is 44.5 Å². The number of allylic oxidation sites excluding steroid dienone is 1. The molecular weight excluding hydrogens is 420 g/mol. The smallest absolute Gasteiger partial charge is 0.249 e. The Morgan fingerprint density at radius 2 is 1.88 bits per heavy atom. The fraction of sp³-hybridized carbons (Fsp3) is 0.231. The minimum atomic E-state index is -0.305. The Morgan fingerprint density at radius 1 is 1.12 bits per heavy atom. The Balaban J connectivity index is 1.77. The summed E-state index contributed by atoms with van der Waals surface area (Å²) in [6.45, 7) is 8.83. The lowest BCUT2D eigenvalue weighted by Gasteiger charge is -2.15. The van der Waals surface area contributed by atoms with Crippen LogP contribution in [0.15, 0.2) is 63.9 Å². The highest BCUT2D eigenvalue weighted by Gasteiger charge is 2.19. The van der Waals surface area contributed by atoms with Crippen molar-refractivity contribution in [2.24, 2.45) is 0 Å². The van der Waals surface area contributed by atoms with Gasteiger partial charge in [-0.15, -0.1) is 0 Å². The van der Waals surface area contributed by atoms with Crippen molar-refractivity contribution >= 4 is 28.3 Å². The Morgan fingerprint density at radius 3 is 2.55 bits per heavy atom. The third-order valence-corrected chi connectivity index (χ3v) is 5.27. The number of hydrogen-bond acceptors (Lipinski definition) is 6. The van der Waals surface area contributed by atoms with Gasteiger partial charge in [-0.2, -0.15) is 0 Å². The Hall–Kier alpha value is -4.00. The molecule has 2 heterocycles. The van der Waals surface area contributed by atoms with Crippen LogP contribution in [0.5, 0.6) is 11.5 Å². The summed E-state index contributed by atoms with van der Waals surface area (Å²) in [5.74, 6) is 1.57. The summed E-state index contributed by atoms with van der Waals surface area (Å²) in [6, 6.07) is 11.5. The Kier molecular flexibility index (Phi) is 6.49. The van der Waals surface area contributed by atoms with Crippen molar-refractivity contribution in [3.63, 3.8) is 0 Å². The van der Waals surface area contributed by atoms with Gasteiger partial charge in [-0.3, -0.25) is 4.79 Å². The summed E-state index contributed by atoms with van der Waals surface area (Å²) in [7, 11) is 0. The minimum absolute atomic E-state index is 0.305. The lowest BCUT2D eigenvalue weighted by Crippen LogP contribution is -2.09. The van der Waals surface area contributed by atoms with E-state index in [1.54, 1.807) is 12.3 Å². The second kappa shape index (κ2) is 9.65. The maximum absolute atomic E-state index is 12.5. The predicted octanol–water partition coefficient (Wildman–Crippen LogP) is 6.24. The number of furan rings is 1. The van der Waals surface area contributed by atoms with Gasteiger partial charge >= 0.3 is 0 Å². The first-order valence-corrected chi connectivity index (χ1v) is 10.8. The van der Waals surface area contributed by atoms with Gasteiger partial charge in [0.1, 0.15) is 23.3 Å². The number of nitrogens with one attached hydrogen (secondary N) is 1. The van der Waals surface area contributed by atoms with E-state index >= 15 is 0 Å². The molecular formula is C26H26N2O5. The SMILES string of the molecule is CCOc1ccc(-c2coc3c(C)c(OCC)c(/C(C)=C/C(=O)Nc4ccon4)cc23)cc1. The van der Waals surface area contributed by atoms with Crippen LogP contribution in [0.2, 0.25) is 0 Å². The van der Waals surface area contributed by atoms with E-state index in [-0.39, 0.29) is 5.91 Å². The Labute approximate surface area is 192 Å². The normalized spacial score (nSPS) is 11.6. The van der Waals surface area contributed by atoms with E-state index in [1.165, 1.54) is 12.3 Å². The number of amides is 1. The lowest BCUT2D eigenvalue weighted by molar-refractivity contribution is -0.111. The largest absolute Gasteiger partial charge is 0.494 e. The van der Waals surface area contributed by atoms with E-state index in [4.69, 9.17) is 18.4 Å². The first-order valence-electron chi connectivity index (χ1n) is 10.8. The summed E-state index contributed by atoms with van der Waals surface area (Å²) in [5.41, 5.74) is 5.18. The molecule has 0 bridgehead atoms. The quantitative estimate of drug-likeness (QED) is 0.323.